The van der Waals surface area contributed by atoms with Gasteiger partial charge in [0.25, 0.3) is 0 Å². The molecule has 0 amide bonds. The third-order valence-electron chi connectivity index (χ3n) is 19.4. The molecule has 4 aromatic carbocycles. The fourth-order valence-corrected chi connectivity index (χ4v) is 17.5. The molecule has 8 aromatic rings. The van der Waals surface area contributed by atoms with Gasteiger partial charge < -0.3 is 19.3 Å². The Kier molecular flexibility index (Phi) is 14.6. The van der Waals surface area contributed by atoms with Gasteiger partial charge >= 0.3 is 12.0 Å². The first-order valence-electron chi connectivity index (χ1n) is 30.1. The molecule has 6 saturated heterocycles. The standard InChI is InChI=1S/C64H68F2N12O6S2/c1-2-42-20-21-45(46-17-6-19-48(52(42)46)56-54(66)58-50(33-70-56)60(76-28-8-13-41(35-76)37-86(68,81)82)73-61(72-58)83-38-63-23-9-29-77(63)30-10-24-63)51-22-26-64(25-11-31-78(51)64)39-84-62-71-57-49(59(74-62)75-27-7-12-40(34-75)36-85(67,79)80)32-69-55(53(57)65)47-18-5-15-43-14-3-4-16-44(43)47/h1,3-6,14-21,32-33,40-41,51H,7-13,22-31,34-39H2,(H2,67,79,80)(H2,68,81,82). The number of fused-ring (bicyclic) bond motifs is 6. The number of rotatable bonds is 15. The van der Waals surface area contributed by atoms with Crippen molar-refractivity contribution in [1.82, 2.24) is 39.7 Å². The van der Waals surface area contributed by atoms with Gasteiger partial charge in [-0.05, 0) is 136 Å². The third-order valence-corrected chi connectivity index (χ3v) is 21.3. The molecule has 0 radical (unpaired) electrons. The van der Waals surface area contributed by atoms with Crippen molar-refractivity contribution in [3.63, 3.8) is 0 Å². The molecule has 4 atom stereocenters. The van der Waals surface area contributed by atoms with E-state index in [2.05, 4.69) is 21.8 Å². The van der Waals surface area contributed by atoms with E-state index < -0.39 is 37.2 Å². The van der Waals surface area contributed by atoms with Gasteiger partial charge in [0.15, 0.2) is 11.6 Å². The molecule has 22 heteroatoms. The van der Waals surface area contributed by atoms with Crippen molar-refractivity contribution in [2.45, 2.75) is 94.2 Å². The van der Waals surface area contributed by atoms with Gasteiger partial charge in [0.1, 0.15) is 47.3 Å². The van der Waals surface area contributed by atoms with Crippen LogP contribution in [0.5, 0.6) is 12.0 Å². The van der Waals surface area contributed by atoms with Crippen LogP contribution in [0.3, 0.4) is 0 Å². The summed E-state index contributed by atoms with van der Waals surface area (Å²) in [5, 5.41) is 15.2. The van der Waals surface area contributed by atoms with Gasteiger partial charge in [0.05, 0.1) is 33.4 Å². The van der Waals surface area contributed by atoms with Crippen molar-refractivity contribution in [3.8, 4) is 46.9 Å². The van der Waals surface area contributed by atoms with E-state index in [0.717, 1.165) is 92.7 Å². The molecule has 6 aliphatic rings. The lowest BCUT2D eigenvalue weighted by Gasteiger charge is -2.35. The van der Waals surface area contributed by atoms with Gasteiger partial charge in [0.2, 0.25) is 20.0 Å². The zero-order valence-electron chi connectivity index (χ0n) is 47.8. The van der Waals surface area contributed by atoms with Crippen LogP contribution in [-0.2, 0) is 20.0 Å². The van der Waals surface area contributed by atoms with Crippen LogP contribution in [0.15, 0.2) is 85.2 Å². The summed E-state index contributed by atoms with van der Waals surface area (Å²) in [6.07, 6.45) is 19.7. The van der Waals surface area contributed by atoms with E-state index in [1.807, 2.05) is 76.5 Å². The molecule has 0 saturated carbocycles. The number of halogens is 2. The first-order valence-corrected chi connectivity index (χ1v) is 33.5. The summed E-state index contributed by atoms with van der Waals surface area (Å²) >= 11 is 0. The van der Waals surface area contributed by atoms with Crippen LogP contribution in [0.1, 0.15) is 94.2 Å². The first kappa shape index (κ1) is 56.5. The number of sulfonamides is 2. The number of nitrogens with zero attached hydrogens (tertiary/aromatic N) is 10. The fourth-order valence-electron chi connectivity index (χ4n) is 15.6. The molecule has 446 valence electrons. The molecule has 0 aliphatic carbocycles. The molecule has 6 fully saturated rings. The number of anilines is 2. The van der Waals surface area contributed by atoms with E-state index >= 15 is 8.78 Å². The number of ether oxygens (including phenoxy) is 2. The van der Waals surface area contributed by atoms with Crippen molar-refractivity contribution >= 4 is 75.0 Å². The molecular weight excluding hydrogens is 1130 g/mol. The highest BCUT2D eigenvalue weighted by Gasteiger charge is 2.51. The number of pyridine rings is 2. The maximum atomic E-state index is 18.0. The van der Waals surface area contributed by atoms with E-state index in [-0.39, 0.29) is 76.0 Å². The second-order valence-electron chi connectivity index (χ2n) is 24.8. The molecular formula is C64H68F2N12O6S2. The summed E-state index contributed by atoms with van der Waals surface area (Å²) < 4.78 is 97.8. The Morgan fingerprint density at radius 2 is 1.14 bits per heavy atom. The van der Waals surface area contributed by atoms with Gasteiger partial charge in [-0.1, -0.05) is 72.7 Å². The Morgan fingerprint density at radius 1 is 0.593 bits per heavy atom. The lowest BCUT2D eigenvalue weighted by Crippen LogP contribution is -2.44. The predicted octanol–water partition coefficient (Wildman–Crippen LogP) is 9.03. The molecule has 18 nitrogen and oxygen atoms in total. The number of hydrogen-bond donors (Lipinski definition) is 2. The minimum atomic E-state index is -3.76. The quantitative estimate of drug-likeness (QED) is 0.0912. The van der Waals surface area contributed by atoms with E-state index in [1.54, 1.807) is 12.4 Å². The van der Waals surface area contributed by atoms with Gasteiger partial charge in [-0.25, -0.2) is 35.9 Å². The van der Waals surface area contributed by atoms with Crippen LogP contribution in [0, 0.1) is 35.8 Å². The normalized spacial score (nSPS) is 22.7. The highest BCUT2D eigenvalue weighted by molar-refractivity contribution is 7.89. The highest BCUT2D eigenvalue weighted by atomic mass is 32.2. The Morgan fingerprint density at radius 3 is 1.77 bits per heavy atom. The Bertz CT molecular complexity index is 4290. The number of terminal acetylenes is 1. The van der Waals surface area contributed by atoms with E-state index in [4.69, 9.17) is 56.1 Å². The predicted molar refractivity (Wildman–Crippen MR) is 329 cm³/mol. The summed E-state index contributed by atoms with van der Waals surface area (Å²) in [6.45, 7) is 5.16. The van der Waals surface area contributed by atoms with Gasteiger partial charge in [-0.2, -0.15) is 19.9 Å². The van der Waals surface area contributed by atoms with Crippen LogP contribution in [0.2, 0.25) is 0 Å². The van der Waals surface area contributed by atoms with Crippen molar-refractivity contribution in [2.24, 2.45) is 22.1 Å². The van der Waals surface area contributed by atoms with Crippen molar-refractivity contribution in [2.75, 3.05) is 80.3 Å². The Labute approximate surface area is 498 Å². The van der Waals surface area contributed by atoms with Crippen molar-refractivity contribution in [3.05, 3.63) is 108 Å². The van der Waals surface area contributed by atoms with Crippen molar-refractivity contribution < 1.29 is 35.1 Å². The highest BCUT2D eigenvalue weighted by Crippen LogP contribution is 2.51. The lowest BCUT2D eigenvalue weighted by molar-refractivity contribution is 0.0849. The zero-order valence-corrected chi connectivity index (χ0v) is 49.4. The Hall–Kier alpha value is -7.26. The molecule has 4 unspecified atom stereocenters. The summed E-state index contributed by atoms with van der Waals surface area (Å²) in [4.78, 5) is 38.1. The number of hydrogen-bond acceptors (Lipinski definition) is 16. The van der Waals surface area contributed by atoms with Gasteiger partial charge in [0, 0.05) is 66.7 Å². The largest absolute Gasteiger partial charge is 0.461 e. The second-order valence-corrected chi connectivity index (χ2v) is 28.1. The number of aromatic nitrogens is 6. The third kappa shape index (κ3) is 10.4. The number of benzene rings is 4. The smallest absolute Gasteiger partial charge is 0.319 e. The number of nitrogens with two attached hydrogens (primary N) is 2. The molecule has 4 N–H and O–H groups in total. The van der Waals surface area contributed by atoms with Crippen LogP contribution in [-0.4, -0.2) is 138 Å². The lowest BCUT2D eigenvalue weighted by atomic mass is 9.90. The minimum absolute atomic E-state index is 0.00494. The van der Waals surface area contributed by atoms with Gasteiger partial charge in [-0.3, -0.25) is 19.8 Å². The summed E-state index contributed by atoms with van der Waals surface area (Å²) in [5.74, 6) is 1.59. The average molecular weight is 1200 g/mol. The van der Waals surface area contributed by atoms with Crippen LogP contribution >= 0.6 is 0 Å². The summed E-state index contributed by atoms with van der Waals surface area (Å²) in [5.41, 5.74) is 2.46. The first-order chi connectivity index (χ1) is 41.5. The summed E-state index contributed by atoms with van der Waals surface area (Å²) in [6, 6.07) is 23.2. The second kappa shape index (κ2) is 22.2. The molecule has 86 heavy (non-hydrogen) atoms. The van der Waals surface area contributed by atoms with Crippen molar-refractivity contribution in [1.29, 1.82) is 0 Å². The number of primary sulfonamides is 2. The molecule has 6 aliphatic heterocycles. The molecule has 0 bridgehead atoms. The SMILES string of the molecule is C#Cc1ccc(C2CCC3(COc4nc(N5CCCC(CS(N)(=O)=O)C5)c5cnc(-c6cccc7ccccc67)c(F)c5n4)CCCN23)c2cccc(-c3ncc4c(N5CCCC(CS(N)(=O)=O)C5)nc(OCC56CCCN5CCC6)nc4c3F)c12. The topological polar surface area (TPSA) is 229 Å². The molecule has 4 aromatic heterocycles. The summed E-state index contributed by atoms with van der Waals surface area (Å²) in [7, 11) is -7.51. The van der Waals surface area contributed by atoms with E-state index in [1.165, 1.54) is 0 Å². The number of piperidine rings is 2. The fraction of sp³-hybridized carbons (Fsp3) is 0.438. The van der Waals surface area contributed by atoms with Crippen LogP contribution in [0.4, 0.5) is 20.4 Å². The maximum Gasteiger partial charge on any atom is 0.319 e. The molecule has 10 heterocycles. The van der Waals surface area contributed by atoms with Crippen LogP contribution < -0.4 is 29.6 Å². The Balaban J connectivity index is 0.802. The minimum Gasteiger partial charge on any atom is -0.461 e. The maximum absolute atomic E-state index is 18.0. The van der Waals surface area contributed by atoms with Crippen LogP contribution in [0.25, 0.3) is 65.9 Å². The molecule has 14 rings (SSSR count). The molecule has 0 spiro atoms. The average Bonchev–Trinajstić information content (AvgIpc) is 1.31. The van der Waals surface area contributed by atoms with E-state index in [0.29, 0.717) is 103 Å². The monoisotopic (exact) mass is 1200 g/mol. The zero-order chi connectivity index (χ0) is 59.1. The van der Waals surface area contributed by atoms with Gasteiger partial charge in [-0.15, -0.1) is 6.42 Å². The van der Waals surface area contributed by atoms with E-state index in [9.17, 15) is 16.8 Å².